The largest absolute Gasteiger partial charge is 0.493 e. The highest BCUT2D eigenvalue weighted by atomic mass is 16.6. The maximum absolute atomic E-state index is 13.7. The van der Waals surface area contributed by atoms with Crippen molar-refractivity contribution in [1.82, 2.24) is 0 Å². The van der Waals surface area contributed by atoms with Crippen LogP contribution in [0.5, 0.6) is 23.0 Å². The molecule has 0 N–H and O–H groups in total. The quantitative estimate of drug-likeness (QED) is 0.0199. The normalized spacial score (nSPS) is 10.1. The standard InChI is InChI=1S/C48H40O12/c1-3-44(49)56-29-11-27-54-39-23-19-36(20-24-39)46(51)59-42-32-41(48(53)58-33-35-15-9-6-10-16-35)43(31-38(42)18-17-34-13-7-5-8-14-34)60-47(52)37-21-25-40(26-22-37)55-28-12-30-57-45(50)4-2/h3-10,13-16,19-26,31-32H,1-2,11-12,27-30,33H2. The molecule has 0 aliphatic carbocycles. The van der Waals surface area contributed by atoms with Crippen LogP contribution in [0.25, 0.3) is 0 Å². The van der Waals surface area contributed by atoms with E-state index in [2.05, 4.69) is 25.0 Å². The Balaban J connectivity index is 1.39. The molecule has 0 aromatic heterocycles. The number of esters is 5. The molecule has 5 aromatic carbocycles. The maximum Gasteiger partial charge on any atom is 0.343 e. The average Bonchev–Trinajstić information content (AvgIpc) is 3.28. The molecule has 304 valence electrons. The summed E-state index contributed by atoms with van der Waals surface area (Å²) in [6.45, 7) is 7.44. The number of carbonyl (C=O) groups excluding carboxylic acids is 5. The van der Waals surface area contributed by atoms with Crippen molar-refractivity contribution in [2.24, 2.45) is 0 Å². The van der Waals surface area contributed by atoms with Gasteiger partial charge in [-0.2, -0.15) is 0 Å². The zero-order valence-corrected chi connectivity index (χ0v) is 32.5. The monoisotopic (exact) mass is 808 g/mol. The van der Waals surface area contributed by atoms with Gasteiger partial charge in [-0.15, -0.1) is 0 Å². The second kappa shape index (κ2) is 22.7. The van der Waals surface area contributed by atoms with Gasteiger partial charge in [-0.25, -0.2) is 24.0 Å². The van der Waals surface area contributed by atoms with E-state index in [1.165, 1.54) is 36.4 Å². The Bertz CT molecular complexity index is 2340. The van der Waals surface area contributed by atoms with Crippen LogP contribution < -0.4 is 18.9 Å². The summed E-state index contributed by atoms with van der Waals surface area (Å²) in [4.78, 5) is 63.3. The Morgan fingerprint density at radius 2 is 1.02 bits per heavy atom. The number of hydrogen-bond donors (Lipinski definition) is 0. The van der Waals surface area contributed by atoms with E-state index in [9.17, 15) is 24.0 Å². The highest BCUT2D eigenvalue weighted by molar-refractivity contribution is 5.98. The van der Waals surface area contributed by atoms with E-state index in [0.717, 1.165) is 12.2 Å². The molecule has 0 heterocycles. The lowest BCUT2D eigenvalue weighted by Gasteiger charge is -2.15. The van der Waals surface area contributed by atoms with Crippen molar-refractivity contribution >= 4 is 29.8 Å². The van der Waals surface area contributed by atoms with Crippen LogP contribution in [0.2, 0.25) is 0 Å². The molecule has 0 fully saturated rings. The Labute approximate surface area is 346 Å². The third kappa shape index (κ3) is 13.6. The van der Waals surface area contributed by atoms with Crippen molar-refractivity contribution in [3.63, 3.8) is 0 Å². The van der Waals surface area contributed by atoms with E-state index in [0.29, 0.717) is 35.5 Å². The smallest absolute Gasteiger partial charge is 0.343 e. The van der Waals surface area contributed by atoms with Crippen molar-refractivity contribution < 1.29 is 57.1 Å². The summed E-state index contributed by atoms with van der Waals surface area (Å²) in [5.41, 5.74) is 1.60. The van der Waals surface area contributed by atoms with E-state index in [4.69, 9.17) is 33.2 Å². The van der Waals surface area contributed by atoms with E-state index in [-0.39, 0.29) is 66.8 Å². The molecule has 0 aliphatic heterocycles. The van der Waals surface area contributed by atoms with Crippen molar-refractivity contribution in [2.75, 3.05) is 26.4 Å². The Morgan fingerprint density at radius 1 is 0.517 bits per heavy atom. The maximum atomic E-state index is 13.7. The van der Waals surface area contributed by atoms with Crippen LogP contribution in [0.4, 0.5) is 0 Å². The first kappa shape index (κ1) is 43.2. The lowest BCUT2D eigenvalue weighted by atomic mass is 10.1. The lowest BCUT2D eigenvalue weighted by Crippen LogP contribution is -2.15. The summed E-state index contributed by atoms with van der Waals surface area (Å²) in [6, 6.07) is 32.9. The fraction of sp³-hybridized carbons (Fsp3) is 0.146. The third-order valence-electron chi connectivity index (χ3n) is 8.15. The van der Waals surface area contributed by atoms with Crippen LogP contribution in [-0.2, 0) is 30.4 Å². The van der Waals surface area contributed by atoms with Gasteiger partial charge < -0.3 is 33.2 Å². The van der Waals surface area contributed by atoms with Gasteiger partial charge in [0, 0.05) is 42.7 Å². The first-order valence-electron chi connectivity index (χ1n) is 18.7. The average molecular weight is 809 g/mol. The number of carbonyl (C=O) groups is 5. The summed E-state index contributed by atoms with van der Waals surface area (Å²) < 4.78 is 38.5. The highest BCUT2D eigenvalue weighted by Crippen LogP contribution is 2.32. The Kier molecular flexibility index (Phi) is 16.4. The zero-order valence-electron chi connectivity index (χ0n) is 32.5. The summed E-state index contributed by atoms with van der Waals surface area (Å²) in [7, 11) is 0. The summed E-state index contributed by atoms with van der Waals surface area (Å²) in [5.74, 6) is 3.18. The minimum absolute atomic E-state index is 0.0925. The van der Waals surface area contributed by atoms with Crippen molar-refractivity contribution in [1.29, 1.82) is 0 Å². The SMILES string of the molecule is C=CC(=O)OCCCOc1ccc(C(=O)Oc2cc(C(=O)OCc3ccccc3)c(OC(=O)c3ccc(OCCCOC(=O)C=C)cc3)cc2C#Cc2ccccc2)cc1. The molecule has 0 saturated heterocycles. The summed E-state index contributed by atoms with van der Waals surface area (Å²) in [6.07, 6.45) is 3.04. The van der Waals surface area contributed by atoms with Gasteiger partial charge in [0.2, 0.25) is 0 Å². The van der Waals surface area contributed by atoms with Gasteiger partial charge in [0.15, 0.2) is 0 Å². The van der Waals surface area contributed by atoms with Crippen molar-refractivity contribution in [3.8, 4) is 34.8 Å². The molecule has 0 atom stereocenters. The van der Waals surface area contributed by atoms with Crippen LogP contribution in [-0.4, -0.2) is 56.3 Å². The number of rotatable bonds is 19. The third-order valence-corrected chi connectivity index (χ3v) is 8.15. The summed E-state index contributed by atoms with van der Waals surface area (Å²) >= 11 is 0. The van der Waals surface area contributed by atoms with Crippen molar-refractivity contribution in [3.05, 3.63) is 180 Å². The van der Waals surface area contributed by atoms with Crippen LogP contribution in [0, 0.1) is 11.8 Å². The van der Waals surface area contributed by atoms with Crippen LogP contribution in [0.15, 0.2) is 147 Å². The molecule has 60 heavy (non-hydrogen) atoms. The number of ether oxygens (including phenoxy) is 7. The molecule has 0 spiro atoms. The molecule has 0 bridgehead atoms. The highest BCUT2D eigenvalue weighted by Gasteiger charge is 2.24. The molecule has 12 nitrogen and oxygen atoms in total. The predicted molar refractivity (Wildman–Crippen MR) is 220 cm³/mol. The number of benzene rings is 5. The fourth-order valence-corrected chi connectivity index (χ4v) is 5.10. The molecule has 0 saturated carbocycles. The van der Waals surface area contributed by atoms with E-state index < -0.39 is 29.8 Å². The second-order valence-corrected chi connectivity index (χ2v) is 12.5. The Morgan fingerprint density at radius 3 is 1.53 bits per heavy atom. The first-order valence-corrected chi connectivity index (χ1v) is 18.7. The van der Waals surface area contributed by atoms with E-state index >= 15 is 0 Å². The summed E-state index contributed by atoms with van der Waals surface area (Å²) in [5, 5.41) is 0. The van der Waals surface area contributed by atoms with E-state index in [1.54, 1.807) is 60.7 Å². The molecule has 5 aromatic rings. The van der Waals surface area contributed by atoms with Crippen LogP contribution in [0.1, 0.15) is 60.6 Å². The van der Waals surface area contributed by atoms with Gasteiger partial charge in [-0.3, -0.25) is 0 Å². The van der Waals surface area contributed by atoms with Gasteiger partial charge in [-0.05, 0) is 66.2 Å². The molecule has 0 unspecified atom stereocenters. The minimum atomic E-state index is -0.857. The molecule has 0 radical (unpaired) electrons. The molecular weight excluding hydrogens is 769 g/mol. The van der Waals surface area contributed by atoms with Gasteiger partial charge in [-0.1, -0.05) is 73.5 Å². The molecule has 5 rings (SSSR count). The molecule has 12 heteroatoms. The predicted octanol–water partition coefficient (Wildman–Crippen LogP) is 7.88. The van der Waals surface area contributed by atoms with Gasteiger partial charge in [0.05, 0.1) is 43.1 Å². The minimum Gasteiger partial charge on any atom is -0.493 e. The van der Waals surface area contributed by atoms with Crippen LogP contribution >= 0.6 is 0 Å². The van der Waals surface area contributed by atoms with E-state index in [1.807, 2.05) is 24.3 Å². The second-order valence-electron chi connectivity index (χ2n) is 12.5. The molecule has 0 amide bonds. The lowest BCUT2D eigenvalue weighted by molar-refractivity contribution is -0.138. The Hall–Kier alpha value is -7.91. The zero-order chi connectivity index (χ0) is 42.5. The van der Waals surface area contributed by atoms with Gasteiger partial charge in [0.1, 0.15) is 35.2 Å². The molecule has 0 aliphatic rings. The van der Waals surface area contributed by atoms with Crippen LogP contribution in [0.3, 0.4) is 0 Å². The van der Waals surface area contributed by atoms with Crippen molar-refractivity contribution in [2.45, 2.75) is 19.4 Å². The topological polar surface area (TPSA) is 150 Å². The molecular formula is C48H40O12. The van der Waals surface area contributed by atoms with Gasteiger partial charge >= 0.3 is 29.8 Å². The van der Waals surface area contributed by atoms with Gasteiger partial charge in [0.25, 0.3) is 0 Å². The fourth-order valence-electron chi connectivity index (χ4n) is 5.10. The first-order chi connectivity index (χ1) is 29.2. The number of hydrogen-bond acceptors (Lipinski definition) is 12.